The first-order valence-electron chi connectivity index (χ1n) is 6.66. The van der Waals surface area contributed by atoms with Gasteiger partial charge in [0.2, 0.25) is 10.0 Å². The number of aryl methyl sites for hydroxylation is 1. The van der Waals surface area contributed by atoms with Crippen LogP contribution in [0.2, 0.25) is 0 Å². The van der Waals surface area contributed by atoms with Crippen molar-refractivity contribution in [2.45, 2.75) is 36.1 Å². The van der Waals surface area contributed by atoms with E-state index < -0.39 is 22.0 Å². The van der Waals surface area contributed by atoms with E-state index in [-0.39, 0.29) is 23.2 Å². The van der Waals surface area contributed by atoms with Crippen LogP contribution in [0, 0.1) is 6.92 Å². The monoisotopic (exact) mass is 331 g/mol. The zero-order chi connectivity index (χ0) is 15.6. The maximum absolute atomic E-state index is 12.7. The van der Waals surface area contributed by atoms with E-state index in [9.17, 15) is 13.2 Å². The van der Waals surface area contributed by atoms with Gasteiger partial charge in [-0.3, -0.25) is 4.79 Å². The summed E-state index contributed by atoms with van der Waals surface area (Å²) < 4.78 is 31.3. The van der Waals surface area contributed by atoms with Crippen molar-refractivity contribution < 1.29 is 17.9 Å². The fourth-order valence-electron chi connectivity index (χ4n) is 2.38. The lowest BCUT2D eigenvalue weighted by Crippen LogP contribution is -2.50. The second kappa shape index (κ2) is 6.34. The highest BCUT2D eigenvalue weighted by Gasteiger charge is 2.40. The number of sulfonamides is 1. The standard InChI is InChI=1S/C14H18ClNO4S/c1-10-3-5-12(6-4-10)21(18,19)16-8-7-11(15)9-13(16)14(17)20-2/h3-6,11,13H,7-9H2,1-2H3/t11-,13-/m1/s1. The van der Waals surface area contributed by atoms with Gasteiger partial charge >= 0.3 is 5.97 Å². The molecule has 0 aliphatic carbocycles. The summed E-state index contributed by atoms with van der Waals surface area (Å²) in [5.74, 6) is -0.573. The summed E-state index contributed by atoms with van der Waals surface area (Å²) in [5, 5.41) is -0.224. The summed E-state index contributed by atoms with van der Waals surface area (Å²) in [6.07, 6.45) is 0.777. The number of carbonyl (C=O) groups is 1. The Kier molecular flexibility index (Phi) is 4.91. The number of alkyl halides is 1. The summed E-state index contributed by atoms with van der Waals surface area (Å²) in [6.45, 7) is 2.09. The van der Waals surface area contributed by atoms with Crippen molar-refractivity contribution in [3.8, 4) is 0 Å². The van der Waals surface area contributed by atoms with Gasteiger partial charge in [-0.2, -0.15) is 4.31 Å². The predicted molar refractivity (Wildman–Crippen MR) is 79.7 cm³/mol. The molecule has 1 aromatic carbocycles. The van der Waals surface area contributed by atoms with Crippen LogP contribution in [0.4, 0.5) is 0 Å². The number of benzene rings is 1. The average Bonchev–Trinajstić information content (AvgIpc) is 2.46. The first kappa shape index (κ1) is 16.3. The van der Waals surface area contributed by atoms with Gasteiger partial charge in [0.05, 0.1) is 12.0 Å². The molecule has 1 aliphatic heterocycles. The van der Waals surface area contributed by atoms with Crippen LogP contribution in [0.1, 0.15) is 18.4 Å². The highest BCUT2D eigenvalue weighted by molar-refractivity contribution is 7.89. The quantitative estimate of drug-likeness (QED) is 0.627. The van der Waals surface area contributed by atoms with Crippen LogP contribution in [-0.2, 0) is 19.6 Å². The van der Waals surface area contributed by atoms with Gasteiger partial charge in [-0.25, -0.2) is 8.42 Å². The van der Waals surface area contributed by atoms with Crippen LogP contribution in [0.15, 0.2) is 29.2 Å². The van der Waals surface area contributed by atoms with E-state index in [1.54, 1.807) is 24.3 Å². The number of esters is 1. The number of piperidine rings is 1. The molecule has 1 aromatic rings. The highest BCUT2D eigenvalue weighted by Crippen LogP contribution is 2.28. The van der Waals surface area contributed by atoms with Gasteiger partial charge in [0, 0.05) is 11.9 Å². The molecule has 7 heteroatoms. The molecule has 21 heavy (non-hydrogen) atoms. The molecule has 0 bridgehead atoms. The highest BCUT2D eigenvalue weighted by atomic mass is 35.5. The smallest absolute Gasteiger partial charge is 0.324 e. The second-order valence-electron chi connectivity index (χ2n) is 5.09. The largest absolute Gasteiger partial charge is 0.468 e. The van der Waals surface area contributed by atoms with Crippen molar-refractivity contribution in [1.82, 2.24) is 4.31 Å². The number of hydrogen-bond donors (Lipinski definition) is 0. The van der Waals surface area contributed by atoms with Crippen molar-refractivity contribution in [1.29, 1.82) is 0 Å². The molecule has 0 aromatic heterocycles. The maximum Gasteiger partial charge on any atom is 0.324 e. The Labute approximate surface area is 129 Å². The molecule has 1 saturated heterocycles. The van der Waals surface area contributed by atoms with E-state index in [1.165, 1.54) is 11.4 Å². The summed E-state index contributed by atoms with van der Waals surface area (Å²) in [4.78, 5) is 12.0. The molecule has 5 nitrogen and oxygen atoms in total. The SMILES string of the molecule is COC(=O)[C@H]1C[C@H](Cl)CCN1S(=O)(=O)c1ccc(C)cc1. The average molecular weight is 332 g/mol. The number of ether oxygens (including phenoxy) is 1. The maximum atomic E-state index is 12.7. The molecule has 1 aliphatic rings. The molecule has 116 valence electrons. The lowest BCUT2D eigenvalue weighted by molar-refractivity contribution is -0.146. The van der Waals surface area contributed by atoms with E-state index in [0.29, 0.717) is 6.42 Å². The molecule has 0 unspecified atom stereocenters. The van der Waals surface area contributed by atoms with Crippen LogP contribution in [0.25, 0.3) is 0 Å². The first-order chi connectivity index (χ1) is 9.86. The molecule has 0 N–H and O–H groups in total. The third kappa shape index (κ3) is 3.39. The van der Waals surface area contributed by atoms with Gasteiger partial charge in [-0.15, -0.1) is 11.6 Å². The van der Waals surface area contributed by atoms with Gasteiger partial charge in [-0.05, 0) is 31.9 Å². The Hall–Kier alpha value is -1.11. The molecule has 1 heterocycles. The lowest BCUT2D eigenvalue weighted by atomic mass is 10.0. The van der Waals surface area contributed by atoms with Crippen molar-refractivity contribution in [2.24, 2.45) is 0 Å². The third-order valence-corrected chi connectivity index (χ3v) is 5.91. The molecule has 2 rings (SSSR count). The van der Waals surface area contributed by atoms with Crippen LogP contribution < -0.4 is 0 Å². The second-order valence-corrected chi connectivity index (χ2v) is 7.60. The van der Waals surface area contributed by atoms with Crippen LogP contribution >= 0.6 is 11.6 Å². The van der Waals surface area contributed by atoms with Crippen LogP contribution in [0.3, 0.4) is 0 Å². The molecule has 0 saturated carbocycles. The van der Waals surface area contributed by atoms with Crippen molar-refractivity contribution in [2.75, 3.05) is 13.7 Å². The summed E-state index contributed by atoms with van der Waals surface area (Å²) >= 11 is 6.07. The van der Waals surface area contributed by atoms with E-state index in [4.69, 9.17) is 16.3 Å². The Balaban J connectivity index is 2.36. The Bertz CT molecular complexity index is 614. The van der Waals surface area contributed by atoms with Crippen molar-refractivity contribution in [3.63, 3.8) is 0 Å². The van der Waals surface area contributed by atoms with Gasteiger partial charge in [0.25, 0.3) is 0 Å². The molecular formula is C14H18ClNO4S. The topological polar surface area (TPSA) is 63.7 Å². The van der Waals surface area contributed by atoms with Gasteiger partial charge in [-0.1, -0.05) is 17.7 Å². The van der Waals surface area contributed by atoms with E-state index in [2.05, 4.69) is 0 Å². The Morgan fingerprint density at radius 2 is 1.95 bits per heavy atom. The molecule has 0 spiro atoms. The normalized spacial score (nSPS) is 23.8. The third-order valence-electron chi connectivity index (χ3n) is 3.59. The van der Waals surface area contributed by atoms with Gasteiger partial charge in [0.15, 0.2) is 0 Å². The van der Waals surface area contributed by atoms with Gasteiger partial charge in [0.1, 0.15) is 6.04 Å². The number of rotatable bonds is 3. The van der Waals surface area contributed by atoms with E-state index in [0.717, 1.165) is 5.56 Å². The zero-order valence-corrected chi connectivity index (χ0v) is 13.5. The van der Waals surface area contributed by atoms with Crippen LogP contribution in [-0.4, -0.2) is 43.8 Å². The first-order valence-corrected chi connectivity index (χ1v) is 8.54. The van der Waals surface area contributed by atoms with Crippen molar-refractivity contribution in [3.05, 3.63) is 29.8 Å². The molecule has 0 radical (unpaired) electrons. The van der Waals surface area contributed by atoms with Crippen molar-refractivity contribution >= 4 is 27.6 Å². The molecule has 1 fully saturated rings. The number of nitrogens with zero attached hydrogens (tertiary/aromatic N) is 1. The molecular weight excluding hydrogens is 314 g/mol. The van der Waals surface area contributed by atoms with Crippen LogP contribution in [0.5, 0.6) is 0 Å². The summed E-state index contributed by atoms with van der Waals surface area (Å²) in [7, 11) is -2.49. The predicted octanol–water partition coefficient (Wildman–Crippen LogP) is 1.93. The Morgan fingerprint density at radius 1 is 1.33 bits per heavy atom. The van der Waals surface area contributed by atoms with E-state index >= 15 is 0 Å². The fourth-order valence-corrected chi connectivity index (χ4v) is 4.25. The van der Waals surface area contributed by atoms with E-state index in [1.807, 2.05) is 6.92 Å². The lowest BCUT2D eigenvalue weighted by Gasteiger charge is -2.34. The summed E-state index contributed by atoms with van der Waals surface area (Å²) in [6, 6.07) is 5.69. The number of halogens is 1. The molecule has 2 atom stereocenters. The zero-order valence-electron chi connectivity index (χ0n) is 12.0. The van der Waals surface area contributed by atoms with Gasteiger partial charge < -0.3 is 4.74 Å². The minimum atomic E-state index is -3.73. The molecule has 0 amide bonds. The summed E-state index contributed by atoms with van der Waals surface area (Å²) in [5.41, 5.74) is 0.970. The minimum absolute atomic E-state index is 0.176. The Morgan fingerprint density at radius 3 is 2.52 bits per heavy atom. The fraction of sp³-hybridized carbons (Fsp3) is 0.500. The number of hydrogen-bond acceptors (Lipinski definition) is 4. The number of methoxy groups -OCH3 is 1. The number of carbonyl (C=O) groups excluding carboxylic acids is 1. The minimum Gasteiger partial charge on any atom is -0.468 e.